The number of rotatable bonds is 49. The number of ether oxygens (including phenoxy) is 18. The van der Waals surface area contributed by atoms with Crippen LogP contribution >= 0.6 is 0 Å². The number of unbranched alkanes of at least 4 members (excludes halogenated alkanes) is 1. The summed E-state index contributed by atoms with van der Waals surface area (Å²) in [6.07, 6.45) is 7.43. The van der Waals surface area contributed by atoms with Crippen LogP contribution in [0.4, 0.5) is 0 Å². The van der Waals surface area contributed by atoms with Crippen molar-refractivity contribution in [2.75, 3.05) is 166 Å². The Labute approximate surface area is 746 Å². The Bertz CT molecular complexity index is 3550. The van der Waals surface area contributed by atoms with Gasteiger partial charge in [-0.25, -0.2) is 4.68 Å². The van der Waals surface area contributed by atoms with Crippen LogP contribution in [0, 0.1) is 56.4 Å². The van der Waals surface area contributed by atoms with Crippen molar-refractivity contribution >= 4 is 47.9 Å². The average Bonchev–Trinajstić information content (AvgIpc) is 1.55. The van der Waals surface area contributed by atoms with Crippen molar-refractivity contribution < 1.29 is 158 Å². The van der Waals surface area contributed by atoms with Gasteiger partial charge in [-0.05, 0) is 108 Å². The molecule has 683 valence electrons. The van der Waals surface area contributed by atoms with Gasteiger partial charge in [0, 0.05) is 126 Å². The molecular formula is C83H130N11O25STb-. The van der Waals surface area contributed by atoms with Gasteiger partial charge in [-0.15, -0.1) is 5.10 Å². The number of aliphatic hydroxyl groups is 1. The van der Waals surface area contributed by atoms with Crippen LogP contribution in [0.15, 0.2) is 48.1 Å². The first-order chi connectivity index (χ1) is 58.1. The summed E-state index contributed by atoms with van der Waals surface area (Å²) in [6, 6.07) is -2.17. The molecule has 10 saturated heterocycles. The summed E-state index contributed by atoms with van der Waals surface area (Å²) in [5, 5.41) is 33.7. The molecule has 10 fully saturated rings. The summed E-state index contributed by atoms with van der Waals surface area (Å²) < 4.78 is 113. The van der Waals surface area contributed by atoms with E-state index in [0.29, 0.717) is 156 Å². The number of amides is 5. The molecule has 0 aromatic carbocycles. The fourth-order valence-corrected chi connectivity index (χ4v) is 17.4. The first-order valence-corrected chi connectivity index (χ1v) is 43.5. The van der Waals surface area contributed by atoms with Gasteiger partial charge in [0.1, 0.15) is 67.3 Å². The van der Waals surface area contributed by atoms with Crippen LogP contribution in [0.25, 0.3) is 11.3 Å². The van der Waals surface area contributed by atoms with E-state index in [2.05, 4.69) is 66.9 Å². The van der Waals surface area contributed by atoms with Crippen LogP contribution in [0.1, 0.15) is 124 Å². The zero-order valence-corrected chi connectivity index (χ0v) is 74.0. The molecule has 10 aliphatic heterocycles. The molecule has 5 amide bonds. The number of Topliss-reactive ketones (excluding diaryl/α,β-unsaturated/α-hetero) is 1. The average molecular weight is 1870 g/mol. The molecule has 21 atom stereocenters. The van der Waals surface area contributed by atoms with E-state index in [-0.39, 0.29) is 156 Å². The number of hydrogen-bond acceptors (Lipinski definition) is 31. The molecule has 1 spiro atoms. The zero-order chi connectivity index (χ0) is 84.9. The summed E-state index contributed by atoms with van der Waals surface area (Å²) in [5.41, 5.74) is 3.43. The first kappa shape index (κ1) is 98.6. The number of carbonyl (C=O) groups is 6. The molecule has 12 rings (SSSR count). The van der Waals surface area contributed by atoms with E-state index in [1.807, 2.05) is 19.0 Å². The second kappa shape index (κ2) is 50.8. The summed E-state index contributed by atoms with van der Waals surface area (Å²) >= 11 is 4.92. The van der Waals surface area contributed by atoms with E-state index in [4.69, 9.17) is 97.9 Å². The Morgan fingerprint density at radius 2 is 1.26 bits per heavy atom. The minimum atomic E-state index is -1.14. The molecule has 10 aliphatic rings. The largest absolute Gasteiger partial charge is 0.740 e. The predicted molar refractivity (Wildman–Crippen MR) is 431 cm³/mol. The first-order valence-electron chi connectivity index (χ1n) is 43.1. The Balaban J connectivity index is 0.0000154. The van der Waals surface area contributed by atoms with Crippen molar-refractivity contribution in [2.24, 2.45) is 17.8 Å². The molecule has 12 bridgehead atoms. The molecule has 2 unspecified atom stereocenters. The molecular weight excluding hydrogens is 1740 g/mol. The third-order valence-corrected chi connectivity index (χ3v) is 23.7. The molecule has 2 aromatic heterocycles. The van der Waals surface area contributed by atoms with Crippen molar-refractivity contribution in [3.05, 3.63) is 42.9 Å². The van der Waals surface area contributed by atoms with Crippen molar-refractivity contribution in [2.45, 2.75) is 251 Å². The quantitative estimate of drug-likeness (QED) is 0.0239. The molecule has 121 heavy (non-hydrogen) atoms. The second-order valence-corrected chi connectivity index (χ2v) is 33.6. The van der Waals surface area contributed by atoms with Gasteiger partial charge in [0.05, 0.1) is 192 Å². The Morgan fingerprint density at radius 3 is 1.93 bits per heavy atom. The van der Waals surface area contributed by atoms with E-state index < -0.39 is 122 Å². The van der Waals surface area contributed by atoms with Crippen LogP contribution in [-0.2, 0) is 133 Å². The maximum Gasteiger partial charge on any atom is 0.246 e. The molecule has 38 heteroatoms. The van der Waals surface area contributed by atoms with Gasteiger partial charge in [-0.1, -0.05) is 39.1 Å². The Kier molecular flexibility index (Phi) is 41.4. The number of nitrogens with one attached hydrogen (secondary N) is 5. The molecule has 36 nitrogen and oxygen atoms in total. The molecule has 6 N–H and O–H groups in total. The van der Waals surface area contributed by atoms with E-state index in [0.717, 1.165) is 55.4 Å². The van der Waals surface area contributed by atoms with Crippen LogP contribution in [0.5, 0.6) is 0 Å². The third-order valence-electron chi connectivity index (χ3n) is 23.5. The smallest absolute Gasteiger partial charge is 0.246 e. The van der Waals surface area contributed by atoms with Gasteiger partial charge in [-0.3, -0.25) is 38.7 Å². The molecule has 2 aromatic rings. The Hall–Kier alpha value is -4.57. The maximum atomic E-state index is 14.6. The van der Waals surface area contributed by atoms with Crippen molar-refractivity contribution in [1.82, 2.24) is 56.4 Å². The molecule has 0 saturated carbocycles. The van der Waals surface area contributed by atoms with Crippen LogP contribution in [0.2, 0.25) is 0 Å². The minimum absolute atomic E-state index is 0. The fourth-order valence-electron chi connectivity index (χ4n) is 17.2. The summed E-state index contributed by atoms with van der Waals surface area (Å²) in [7, 11) is 5.44. The summed E-state index contributed by atoms with van der Waals surface area (Å²) in [6.45, 7) is 20.8. The normalized spacial score (nSPS) is 29.5. The number of methoxy groups -OCH3 is 1. The number of hydrogen-bond donors (Lipinski definition) is 6. The van der Waals surface area contributed by atoms with Gasteiger partial charge in [0.25, 0.3) is 0 Å². The van der Waals surface area contributed by atoms with Crippen molar-refractivity contribution in [3.63, 3.8) is 0 Å². The Morgan fingerprint density at radius 1 is 0.645 bits per heavy atom. The van der Waals surface area contributed by atoms with Crippen molar-refractivity contribution in [3.8, 4) is 11.3 Å². The number of fused-ring (bicyclic) bond motifs is 6. The number of carbonyl (C=O) groups excluding carboxylic acids is 6. The van der Waals surface area contributed by atoms with E-state index in [9.17, 15) is 33.9 Å². The van der Waals surface area contributed by atoms with Gasteiger partial charge >= 0.3 is 0 Å². The predicted octanol–water partition coefficient (Wildman–Crippen LogP) is 1.99. The number of ketones is 1. The minimum Gasteiger partial charge on any atom is -0.740 e. The maximum absolute atomic E-state index is 14.6. The van der Waals surface area contributed by atoms with Gasteiger partial charge < -0.3 is 134 Å². The fraction of sp³-hybridized carbons (Fsp3) is 0.807. The van der Waals surface area contributed by atoms with Gasteiger partial charge in [-0.2, -0.15) is 0 Å². The van der Waals surface area contributed by atoms with Crippen LogP contribution in [0.3, 0.4) is 0 Å². The van der Waals surface area contributed by atoms with E-state index >= 15 is 0 Å². The second-order valence-electron chi connectivity index (χ2n) is 33.2. The van der Waals surface area contributed by atoms with Gasteiger partial charge in [0.2, 0.25) is 29.5 Å². The molecule has 12 heterocycles. The third kappa shape index (κ3) is 30.6. The topological polar surface area (TPSA) is 409 Å². The monoisotopic (exact) mass is 1870 g/mol. The molecule has 0 aliphatic carbocycles. The number of nitrogens with zero attached hydrogens (tertiary/aromatic N) is 6. The van der Waals surface area contributed by atoms with Gasteiger partial charge in [0.15, 0.2) is 5.79 Å². The standard InChI is InChI=1S/C83H131N11O25S.Tb/c1-51(2)73(90-72(99)50-111-49-71(98)84-18-21-103-23-25-105-27-29-107-31-33-109-35-36-110-34-32-108-30-28-106-26-24-104-22-20-94-48-63(91-92-94)55-44-87-82(120)88-45-55)81(101)89-62(11-9-10-19-93(6)7)80(100)86-47-70(97)85-46-57(96)41-68-74(102-8)61-40-56(95)39-59-13-15-65-75(114-59)79-78-77(116-65)76-69(117-78)43-83(118-76,119-79)17-16-60-38-53(4)64(112-60)14-12-58-37-52(3)54(5)66(113-58)42-67(61)115-68;/h44-45,48,51-52,57-62,64-69,73-79,96H,4-5,9-43,46-47,49-50H2,1-3,6-8H3,(H,84,98)(H,85,97)(H,86,100)(H,89,101)(H,90,99)(H,87,88,120);/p-1/t52-,57+,58+,59-,60+,61+,62+,64?,65+,66-,67+,68-,69?,73+,74-,75+,76+,77+,78-,79+,83+;/m1./s1. The summed E-state index contributed by atoms with van der Waals surface area (Å²) in [4.78, 5) is 91.8. The van der Waals surface area contributed by atoms with Crippen LogP contribution < -0.4 is 26.6 Å². The van der Waals surface area contributed by atoms with Crippen molar-refractivity contribution in [1.29, 1.82) is 0 Å². The molecule has 1 radical (unpaired) electrons. The summed E-state index contributed by atoms with van der Waals surface area (Å²) in [5.74, 6) is -4.58. The zero-order valence-electron chi connectivity index (χ0n) is 71.0. The number of aliphatic hydroxyl groups excluding tert-OH is 1. The number of aromatic nitrogens is 5. The SMILES string of the molecule is C=C1C[C@@H]2CC[C@@]34CC5O[C@H]6[C@@H](O3)[C@H]3O[C@H](CC[C@@H]3O[C@H]6[C@H]5O4)CC(=O)C[C@@H]3[C@@H](OC)[C@@H](C[C@H](O)CNC(=O)CNC(=O)[C@H](CCCCN(C)C)NC(=O)[C@@H](NC(=O)COCC(=O)NCCOCCOCCOCCOCCOCCOCCOCCOCCn4cc(-c5cnc([S-])nc5)nn4)C(C)C)O[C@H]3C[C@H]3O[C@@H](CCC1O2)C[C@@H](C)C3=C.[Tb]. The van der Waals surface area contributed by atoms with E-state index in [1.54, 1.807) is 44.2 Å². The van der Waals surface area contributed by atoms with E-state index in [1.165, 1.54) is 0 Å². The van der Waals surface area contributed by atoms with Crippen LogP contribution in [-0.4, -0.2) is 352 Å².